The minimum atomic E-state index is -2.23. The lowest BCUT2D eigenvalue weighted by Gasteiger charge is -2.07. The lowest BCUT2D eigenvalue weighted by atomic mass is 10.2. The van der Waals surface area contributed by atoms with Crippen molar-refractivity contribution in [2.45, 2.75) is 0 Å². The van der Waals surface area contributed by atoms with Crippen molar-refractivity contribution in [3.8, 4) is 5.75 Å². The molecule has 0 aliphatic carbocycles. The van der Waals surface area contributed by atoms with Crippen LogP contribution in [0.4, 0.5) is 5.69 Å². The Morgan fingerprint density at radius 3 is 2.67 bits per heavy atom. The summed E-state index contributed by atoms with van der Waals surface area (Å²) in [5, 5.41) is 8.81. The summed E-state index contributed by atoms with van der Waals surface area (Å²) in [6.45, 7) is 0. The van der Waals surface area contributed by atoms with E-state index in [-0.39, 0.29) is 17.0 Å². The second-order valence-corrected chi connectivity index (χ2v) is 3.27. The molecule has 7 heteroatoms. The predicted molar refractivity (Wildman–Crippen MR) is 54.3 cm³/mol. The maximum atomic E-state index is 10.8. The number of hydrogen-bond acceptors (Lipinski definition) is 3. The van der Waals surface area contributed by atoms with Crippen LogP contribution >= 0.6 is 0 Å². The largest absolute Gasteiger partial charge is 0.496 e. The van der Waals surface area contributed by atoms with E-state index < -0.39 is 17.2 Å². The number of anilines is 1. The Morgan fingerprint density at radius 2 is 2.20 bits per heavy atom. The molecule has 0 fully saturated rings. The highest BCUT2D eigenvalue weighted by atomic mass is 32.2. The third-order valence-electron chi connectivity index (χ3n) is 1.64. The Labute approximate surface area is 88.3 Å². The van der Waals surface area contributed by atoms with Crippen molar-refractivity contribution >= 4 is 22.9 Å². The van der Waals surface area contributed by atoms with Gasteiger partial charge in [-0.25, -0.2) is 9.00 Å². The van der Waals surface area contributed by atoms with Gasteiger partial charge >= 0.3 is 5.97 Å². The van der Waals surface area contributed by atoms with Crippen LogP contribution < -0.4 is 9.46 Å². The molecule has 3 N–H and O–H groups in total. The Hall–Kier alpha value is -1.60. The third kappa shape index (κ3) is 2.93. The molecule has 0 bridgehead atoms. The number of ether oxygens (including phenoxy) is 1. The summed E-state index contributed by atoms with van der Waals surface area (Å²) in [5.74, 6) is -0.976. The minimum Gasteiger partial charge on any atom is -0.496 e. The van der Waals surface area contributed by atoms with Crippen molar-refractivity contribution in [3.63, 3.8) is 0 Å². The van der Waals surface area contributed by atoms with Crippen LogP contribution in [0.2, 0.25) is 0 Å². The first-order valence-electron chi connectivity index (χ1n) is 3.83. The average Bonchev–Trinajstić information content (AvgIpc) is 2.16. The summed E-state index contributed by atoms with van der Waals surface area (Å²) in [4.78, 5) is 10.8. The lowest BCUT2D eigenvalue weighted by Crippen LogP contribution is -2.05. The zero-order valence-corrected chi connectivity index (χ0v) is 8.58. The van der Waals surface area contributed by atoms with Gasteiger partial charge in [0.2, 0.25) is 0 Å². The van der Waals surface area contributed by atoms with E-state index in [1.807, 2.05) is 0 Å². The number of carbonyl (C=O) groups is 1. The van der Waals surface area contributed by atoms with Crippen LogP contribution in [-0.4, -0.2) is 26.9 Å². The summed E-state index contributed by atoms with van der Waals surface area (Å²) >= 11 is -2.23. The fourth-order valence-corrected chi connectivity index (χ4v) is 1.37. The van der Waals surface area contributed by atoms with E-state index in [2.05, 4.69) is 4.72 Å². The van der Waals surface area contributed by atoms with Crippen molar-refractivity contribution in [3.05, 3.63) is 23.8 Å². The number of carboxylic acid groups (broad SMARTS) is 1. The van der Waals surface area contributed by atoms with E-state index in [0.717, 1.165) is 0 Å². The highest BCUT2D eigenvalue weighted by Crippen LogP contribution is 2.22. The number of aromatic carboxylic acids is 1. The molecular formula is C8H9NO5S. The zero-order valence-electron chi connectivity index (χ0n) is 7.76. The highest BCUT2D eigenvalue weighted by molar-refractivity contribution is 7.80. The lowest BCUT2D eigenvalue weighted by molar-refractivity contribution is 0.0693. The molecule has 0 aliphatic heterocycles. The van der Waals surface area contributed by atoms with Gasteiger partial charge in [-0.2, -0.15) is 0 Å². The van der Waals surface area contributed by atoms with Crippen molar-refractivity contribution in [1.82, 2.24) is 0 Å². The summed E-state index contributed by atoms with van der Waals surface area (Å²) < 4.78 is 25.9. The molecule has 1 unspecified atom stereocenters. The Balaban J connectivity index is 3.10. The monoisotopic (exact) mass is 231 g/mol. The number of nitrogens with one attached hydrogen (secondary N) is 1. The summed E-state index contributed by atoms with van der Waals surface area (Å²) in [6.07, 6.45) is 0. The normalized spacial score (nSPS) is 11.9. The van der Waals surface area contributed by atoms with Gasteiger partial charge in [0.25, 0.3) is 11.3 Å². The first-order valence-corrected chi connectivity index (χ1v) is 4.94. The van der Waals surface area contributed by atoms with Gasteiger partial charge < -0.3 is 9.84 Å². The van der Waals surface area contributed by atoms with Gasteiger partial charge in [-0.15, -0.1) is 0 Å². The van der Waals surface area contributed by atoms with Crippen LogP contribution in [0.25, 0.3) is 0 Å². The molecule has 1 aromatic rings. The SMILES string of the molecule is COc1ccc(NS(=O)O)cc1C(=O)O. The van der Waals surface area contributed by atoms with Gasteiger partial charge in [-0.05, 0) is 18.2 Å². The molecule has 1 aromatic carbocycles. The van der Waals surface area contributed by atoms with Crippen LogP contribution in [0.15, 0.2) is 18.2 Å². The maximum Gasteiger partial charge on any atom is 0.339 e. The Bertz CT molecular complexity index is 406. The molecule has 0 saturated heterocycles. The number of hydrogen-bond donors (Lipinski definition) is 3. The average molecular weight is 231 g/mol. The molecule has 0 spiro atoms. The van der Waals surface area contributed by atoms with E-state index in [4.69, 9.17) is 14.4 Å². The number of rotatable bonds is 4. The molecule has 0 heterocycles. The maximum absolute atomic E-state index is 10.8. The molecule has 1 atom stereocenters. The second kappa shape index (κ2) is 4.76. The van der Waals surface area contributed by atoms with Crippen molar-refractivity contribution < 1.29 is 23.4 Å². The summed E-state index contributed by atoms with van der Waals surface area (Å²) in [5.41, 5.74) is 0.155. The van der Waals surface area contributed by atoms with E-state index in [1.165, 1.54) is 25.3 Å². The summed E-state index contributed by atoms with van der Waals surface area (Å²) in [7, 11) is 1.35. The van der Waals surface area contributed by atoms with Crippen molar-refractivity contribution in [2.75, 3.05) is 11.8 Å². The van der Waals surface area contributed by atoms with Gasteiger partial charge in [0.05, 0.1) is 7.11 Å². The molecule has 0 saturated carbocycles. The molecule has 0 radical (unpaired) electrons. The number of carboxylic acids is 1. The molecule has 6 nitrogen and oxygen atoms in total. The fraction of sp³-hybridized carbons (Fsp3) is 0.125. The number of benzene rings is 1. The van der Waals surface area contributed by atoms with Crippen molar-refractivity contribution in [1.29, 1.82) is 0 Å². The molecule has 1 rings (SSSR count). The smallest absolute Gasteiger partial charge is 0.339 e. The molecule has 82 valence electrons. The van der Waals surface area contributed by atoms with Crippen LogP contribution in [0.3, 0.4) is 0 Å². The third-order valence-corrected chi connectivity index (χ3v) is 2.05. The van der Waals surface area contributed by atoms with Crippen molar-refractivity contribution in [2.24, 2.45) is 0 Å². The Kier molecular flexibility index (Phi) is 3.64. The summed E-state index contributed by atoms with van der Waals surface area (Å²) in [6, 6.07) is 4.06. The van der Waals surface area contributed by atoms with E-state index >= 15 is 0 Å². The topological polar surface area (TPSA) is 95.9 Å². The highest BCUT2D eigenvalue weighted by Gasteiger charge is 2.11. The van der Waals surface area contributed by atoms with Crippen LogP contribution in [0.1, 0.15) is 10.4 Å². The first kappa shape index (κ1) is 11.5. The second-order valence-electron chi connectivity index (χ2n) is 2.57. The minimum absolute atomic E-state index is 0.0760. The molecular weight excluding hydrogens is 222 g/mol. The quantitative estimate of drug-likeness (QED) is 0.670. The van der Waals surface area contributed by atoms with Gasteiger partial charge in [-0.3, -0.25) is 9.27 Å². The standard InChI is InChI=1S/C8H9NO5S/c1-14-7-3-2-5(9-15(12)13)4-6(7)8(10)11/h2-4,9H,1H3,(H,10,11)(H,12,13). The Morgan fingerprint density at radius 1 is 1.53 bits per heavy atom. The van der Waals surface area contributed by atoms with Gasteiger partial charge in [0.1, 0.15) is 11.3 Å². The molecule has 15 heavy (non-hydrogen) atoms. The van der Waals surface area contributed by atoms with Crippen LogP contribution in [0.5, 0.6) is 5.75 Å². The predicted octanol–water partition coefficient (Wildman–Crippen LogP) is 0.942. The van der Waals surface area contributed by atoms with Gasteiger partial charge in [0.15, 0.2) is 0 Å². The number of methoxy groups -OCH3 is 1. The van der Waals surface area contributed by atoms with E-state index in [1.54, 1.807) is 0 Å². The van der Waals surface area contributed by atoms with E-state index in [0.29, 0.717) is 0 Å². The van der Waals surface area contributed by atoms with Crippen LogP contribution in [0, 0.1) is 0 Å². The van der Waals surface area contributed by atoms with Crippen LogP contribution in [-0.2, 0) is 11.3 Å². The van der Waals surface area contributed by atoms with E-state index in [9.17, 15) is 9.00 Å². The molecule has 0 aliphatic rings. The fourth-order valence-electron chi connectivity index (χ4n) is 1.04. The van der Waals surface area contributed by atoms with Gasteiger partial charge in [0, 0.05) is 5.69 Å². The van der Waals surface area contributed by atoms with Gasteiger partial charge in [-0.1, -0.05) is 0 Å². The first-order chi connectivity index (χ1) is 7.04. The molecule has 0 aromatic heterocycles. The molecule has 0 amide bonds. The zero-order chi connectivity index (χ0) is 11.4.